The Kier molecular flexibility index (Phi) is 4.66. The Labute approximate surface area is 86.5 Å². The topological polar surface area (TPSA) is 29.9 Å². The van der Waals surface area contributed by atoms with Gasteiger partial charge in [-0.3, -0.25) is 4.68 Å². The molecule has 1 aromatic rings. The molecule has 1 aromatic heterocycles. The Balaban J connectivity index is 2.13. The summed E-state index contributed by atoms with van der Waals surface area (Å²) in [5.41, 5.74) is 1.26. The van der Waals surface area contributed by atoms with Gasteiger partial charge in [0.25, 0.3) is 0 Å². The summed E-state index contributed by atoms with van der Waals surface area (Å²) in [6.45, 7) is 5.37. The minimum Gasteiger partial charge on any atom is -0.317 e. The Morgan fingerprint density at radius 1 is 1.50 bits per heavy atom. The number of rotatable bonds is 6. The zero-order chi connectivity index (χ0) is 10.4. The van der Waals surface area contributed by atoms with Crippen LogP contribution >= 0.6 is 0 Å². The standard InChI is InChI=1S/C11H21N3/c1-10(12-3)6-4-5-9-14-11(2)7-8-13-14/h7-8,10,12H,4-6,9H2,1-3H3. The summed E-state index contributed by atoms with van der Waals surface area (Å²) in [7, 11) is 2.02. The van der Waals surface area contributed by atoms with E-state index in [2.05, 4.69) is 35.0 Å². The van der Waals surface area contributed by atoms with Crippen LogP contribution in [0.15, 0.2) is 12.3 Å². The highest BCUT2D eigenvalue weighted by molar-refractivity contribution is 4.96. The molecular weight excluding hydrogens is 174 g/mol. The number of nitrogens with zero attached hydrogens (tertiary/aromatic N) is 2. The molecule has 0 saturated carbocycles. The van der Waals surface area contributed by atoms with Crippen LogP contribution in [0.2, 0.25) is 0 Å². The molecular formula is C11H21N3. The van der Waals surface area contributed by atoms with Crippen molar-refractivity contribution in [3.63, 3.8) is 0 Å². The molecule has 3 heteroatoms. The molecule has 3 nitrogen and oxygen atoms in total. The summed E-state index contributed by atoms with van der Waals surface area (Å²) in [4.78, 5) is 0. The molecule has 0 radical (unpaired) electrons. The zero-order valence-electron chi connectivity index (χ0n) is 9.45. The van der Waals surface area contributed by atoms with Gasteiger partial charge < -0.3 is 5.32 Å². The molecule has 1 atom stereocenters. The predicted octanol–water partition coefficient (Wildman–Crippen LogP) is 1.97. The van der Waals surface area contributed by atoms with Crippen molar-refractivity contribution in [1.82, 2.24) is 15.1 Å². The van der Waals surface area contributed by atoms with E-state index < -0.39 is 0 Å². The molecule has 0 aliphatic rings. The molecule has 14 heavy (non-hydrogen) atoms. The van der Waals surface area contributed by atoms with Gasteiger partial charge in [-0.1, -0.05) is 6.42 Å². The fourth-order valence-electron chi connectivity index (χ4n) is 1.49. The highest BCUT2D eigenvalue weighted by atomic mass is 15.3. The van der Waals surface area contributed by atoms with E-state index in [-0.39, 0.29) is 0 Å². The van der Waals surface area contributed by atoms with E-state index in [1.807, 2.05) is 13.2 Å². The molecule has 1 rings (SSSR count). The Morgan fingerprint density at radius 3 is 2.86 bits per heavy atom. The Bertz CT molecular complexity index is 255. The van der Waals surface area contributed by atoms with Crippen molar-refractivity contribution in [3.05, 3.63) is 18.0 Å². The van der Waals surface area contributed by atoms with Crippen LogP contribution in [0.3, 0.4) is 0 Å². The highest BCUT2D eigenvalue weighted by Gasteiger charge is 1.99. The second-order valence-electron chi connectivity index (χ2n) is 3.88. The smallest absolute Gasteiger partial charge is 0.0492 e. The number of hydrogen-bond acceptors (Lipinski definition) is 2. The first kappa shape index (κ1) is 11.2. The van der Waals surface area contributed by atoms with Crippen molar-refractivity contribution in [3.8, 4) is 0 Å². The van der Waals surface area contributed by atoms with Crippen molar-refractivity contribution in [2.75, 3.05) is 7.05 Å². The molecule has 0 spiro atoms. The summed E-state index contributed by atoms with van der Waals surface area (Å²) in [5, 5.41) is 7.50. The molecule has 0 aliphatic carbocycles. The van der Waals surface area contributed by atoms with E-state index in [1.54, 1.807) is 0 Å². The number of unbranched alkanes of at least 4 members (excludes halogenated alkanes) is 1. The highest BCUT2D eigenvalue weighted by Crippen LogP contribution is 2.03. The molecule has 1 N–H and O–H groups in total. The third kappa shape index (κ3) is 3.50. The maximum absolute atomic E-state index is 4.25. The molecule has 0 bridgehead atoms. The summed E-state index contributed by atoms with van der Waals surface area (Å²) in [6, 6.07) is 2.68. The molecule has 80 valence electrons. The first-order chi connectivity index (χ1) is 6.74. The first-order valence-corrected chi connectivity index (χ1v) is 5.39. The van der Waals surface area contributed by atoms with E-state index in [4.69, 9.17) is 0 Å². The third-order valence-corrected chi connectivity index (χ3v) is 2.68. The minimum atomic E-state index is 0.633. The SMILES string of the molecule is CNC(C)CCCCn1nccc1C. The van der Waals surface area contributed by atoms with Crippen molar-refractivity contribution in [1.29, 1.82) is 0 Å². The van der Waals surface area contributed by atoms with Gasteiger partial charge in [0.2, 0.25) is 0 Å². The van der Waals surface area contributed by atoms with E-state index in [0.717, 1.165) is 6.54 Å². The normalized spacial score (nSPS) is 13.1. The van der Waals surface area contributed by atoms with E-state index in [1.165, 1.54) is 25.0 Å². The first-order valence-electron chi connectivity index (χ1n) is 5.39. The second kappa shape index (κ2) is 5.81. The zero-order valence-corrected chi connectivity index (χ0v) is 9.45. The lowest BCUT2D eigenvalue weighted by molar-refractivity contribution is 0.486. The molecule has 0 saturated heterocycles. The van der Waals surface area contributed by atoms with Gasteiger partial charge in [-0.05, 0) is 39.8 Å². The number of nitrogens with one attached hydrogen (secondary N) is 1. The Hall–Kier alpha value is -0.830. The van der Waals surface area contributed by atoms with Gasteiger partial charge in [-0.25, -0.2) is 0 Å². The van der Waals surface area contributed by atoms with Crippen LogP contribution in [0.1, 0.15) is 31.9 Å². The summed E-state index contributed by atoms with van der Waals surface area (Å²) in [5.74, 6) is 0. The number of aryl methyl sites for hydroxylation is 2. The van der Waals surface area contributed by atoms with Crippen molar-refractivity contribution >= 4 is 0 Å². The van der Waals surface area contributed by atoms with Crippen LogP contribution in [0, 0.1) is 6.92 Å². The van der Waals surface area contributed by atoms with Gasteiger partial charge in [0.1, 0.15) is 0 Å². The lowest BCUT2D eigenvalue weighted by Gasteiger charge is -2.09. The summed E-state index contributed by atoms with van der Waals surface area (Å²) < 4.78 is 2.07. The van der Waals surface area contributed by atoms with Crippen molar-refractivity contribution < 1.29 is 0 Å². The van der Waals surface area contributed by atoms with Gasteiger partial charge in [0.05, 0.1) is 0 Å². The maximum atomic E-state index is 4.25. The van der Waals surface area contributed by atoms with Crippen LogP contribution in [0.5, 0.6) is 0 Å². The van der Waals surface area contributed by atoms with E-state index in [0.29, 0.717) is 6.04 Å². The fourth-order valence-corrected chi connectivity index (χ4v) is 1.49. The van der Waals surface area contributed by atoms with Gasteiger partial charge in [0, 0.05) is 24.5 Å². The maximum Gasteiger partial charge on any atom is 0.0492 e. The van der Waals surface area contributed by atoms with Crippen LogP contribution in [0.25, 0.3) is 0 Å². The average molecular weight is 195 g/mol. The summed E-state index contributed by atoms with van der Waals surface area (Å²) >= 11 is 0. The fraction of sp³-hybridized carbons (Fsp3) is 0.727. The van der Waals surface area contributed by atoms with Gasteiger partial charge in [-0.15, -0.1) is 0 Å². The van der Waals surface area contributed by atoms with Crippen molar-refractivity contribution in [2.24, 2.45) is 0 Å². The monoisotopic (exact) mass is 195 g/mol. The second-order valence-corrected chi connectivity index (χ2v) is 3.88. The van der Waals surface area contributed by atoms with Crippen LogP contribution < -0.4 is 5.32 Å². The molecule has 0 aliphatic heterocycles. The largest absolute Gasteiger partial charge is 0.317 e. The van der Waals surface area contributed by atoms with Crippen LogP contribution in [-0.2, 0) is 6.54 Å². The lowest BCUT2D eigenvalue weighted by Crippen LogP contribution is -2.20. The quantitative estimate of drug-likeness (QED) is 0.703. The van der Waals surface area contributed by atoms with E-state index >= 15 is 0 Å². The average Bonchev–Trinajstić information content (AvgIpc) is 2.58. The lowest BCUT2D eigenvalue weighted by atomic mass is 10.1. The molecule has 0 aromatic carbocycles. The third-order valence-electron chi connectivity index (χ3n) is 2.68. The molecule has 1 heterocycles. The summed E-state index contributed by atoms with van der Waals surface area (Å²) in [6.07, 6.45) is 5.60. The van der Waals surface area contributed by atoms with Crippen LogP contribution in [0.4, 0.5) is 0 Å². The molecule has 1 unspecified atom stereocenters. The Morgan fingerprint density at radius 2 is 2.29 bits per heavy atom. The molecule has 0 amide bonds. The van der Waals surface area contributed by atoms with Gasteiger partial charge in [0.15, 0.2) is 0 Å². The number of hydrogen-bond donors (Lipinski definition) is 1. The van der Waals surface area contributed by atoms with E-state index in [9.17, 15) is 0 Å². The van der Waals surface area contributed by atoms with Gasteiger partial charge >= 0.3 is 0 Å². The molecule has 0 fully saturated rings. The minimum absolute atomic E-state index is 0.633. The van der Waals surface area contributed by atoms with Gasteiger partial charge in [-0.2, -0.15) is 5.10 Å². The predicted molar refractivity (Wildman–Crippen MR) is 59.3 cm³/mol. The van der Waals surface area contributed by atoms with Crippen molar-refractivity contribution in [2.45, 2.75) is 45.7 Å². The number of aromatic nitrogens is 2. The van der Waals surface area contributed by atoms with Crippen LogP contribution in [-0.4, -0.2) is 22.9 Å².